The molecule has 1 saturated carbocycles. The quantitative estimate of drug-likeness (QED) is 0.869. The smallest absolute Gasteiger partial charge is 0.0644 e. The highest BCUT2D eigenvalue weighted by molar-refractivity contribution is 5.27. The molecule has 0 spiro atoms. The lowest BCUT2D eigenvalue weighted by atomic mass is 9.92. The van der Waals surface area contributed by atoms with E-state index < -0.39 is 0 Å². The van der Waals surface area contributed by atoms with Crippen LogP contribution < -0.4 is 5.32 Å². The second-order valence-corrected chi connectivity index (χ2v) is 6.33. The van der Waals surface area contributed by atoms with E-state index in [9.17, 15) is 0 Å². The van der Waals surface area contributed by atoms with Gasteiger partial charge in [0.1, 0.15) is 0 Å². The van der Waals surface area contributed by atoms with E-state index in [1.165, 1.54) is 24.1 Å². The van der Waals surface area contributed by atoms with E-state index in [2.05, 4.69) is 45.0 Å². The predicted molar refractivity (Wildman–Crippen MR) is 75.6 cm³/mol. The summed E-state index contributed by atoms with van der Waals surface area (Å²) in [6.45, 7) is 12.4. The standard InChI is InChI=1S/C15H27N3/c1-10(2)15(7-8-15)9-16-11(3)14-12(4)17-18(6)13(14)5/h10-11,16H,7-9H2,1-6H3. The molecule has 0 radical (unpaired) electrons. The number of rotatable bonds is 5. The average molecular weight is 249 g/mol. The Hall–Kier alpha value is -0.830. The monoisotopic (exact) mass is 249 g/mol. The molecule has 0 aromatic carbocycles. The van der Waals surface area contributed by atoms with Crippen LogP contribution in [0.2, 0.25) is 0 Å². The lowest BCUT2D eigenvalue weighted by Crippen LogP contribution is -2.30. The van der Waals surface area contributed by atoms with Crippen LogP contribution >= 0.6 is 0 Å². The summed E-state index contributed by atoms with van der Waals surface area (Å²) in [6, 6.07) is 0.398. The third kappa shape index (κ3) is 2.33. The molecule has 3 heteroatoms. The molecule has 2 rings (SSSR count). The van der Waals surface area contributed by atoms with E-state index in [0.717, 1.165) is 18.2 Å². The maximum absolute atomic E-state index is 4.50. The molecule has 0 saturated heterocycles. The number of hydrogen-bond donors (Lipinski definition) is 1. The predicted octanol–water partition coefficient (Wildman–Crippen LogP) is 3.12. The second kappa shape index (κ2) is 4.69. The molecule has 1 N–H and O–H groups in total. The van der Waals surface area contributed by atoms with Crippen molar-refractivity contribution in [2.75, 3.05) is 6.54 Å². The summed E-state index contributed by atoms with van der Waals surface area (Å²) in [6.07, 6.45) is 2.77. The number of aryl methyl sites for hydroxylation is 2. The molecule has 1 atom stereocenters. The van der Waals surface area contributed by atoms with Crippen LogP contribution in [0.3, 0.4) is 0 Å². The highest BCUT2D eigenvalue weighted by Crippen LogP contribution is 2.51. The Kier molecular flexibility index (Phi) is 3.54. The Balaban J connectivity index is 2.02. The van der Waals surface area contributed by atoms with Crippen LogP contribution in [0.4, 0.5) is 0 Å². The molecule has 0 bridgehead atoms. The van der Waals surface area contributed by atoms with Crippen molar-refractivity contribution in [1.82, 2.24) is 15.1 Å². The van der Waals surface area contributed by atoms with Crippen LogP contribution in [0.15, 0.2) is 0 Å². The summed E-state index contributed by atoms with van der Waals surface area (Å²) >= 11 is 0. The molecule has 1 aliphatic carbocycles. The largest absolute Gasteiger partial charge is 0.309 e. The maximum atomic E-state index is 4.50. The number of aromatic nitrogens is 2. The lowest BCUT2D eigenvalue weighted by Gasteiger charge is -2.23. The molecular weight excluding hydrogens is 222 g/mol. The van der Waals surface area contributed by atoms with Gasteiger partial charge in [-0.05, 0) is 44.9 Å². The van der Waals surface area contributed by atoms with Gasteiger partial charge in [0.25, 0.3) is 0 Å². The number of nitrogens with one attached hydrogen (secondary N) is 1. The fraction of sp³-hybridized carbons (Fsp3) is 0.800. The van der Waals surface area contributed by atoms with Crippen molar-refractivity contribution in [2.45, 2.75) is 53.5 Å². The number of nitrogens with zero attached hydrogens (tertiary/aromatic N) is 2. The van der Waals surface area contributed by atoms with Crippen LogP contribution in [0.25, 0.3) is 0 Å². The van der Waals surface area contributed by atoms with E-state index in [0.29, 0.717) is 11.5 Å². The SMILES string of the molecule is Cc1nn(C)c(C)c1C(C)NCC1(C(C)C)CC1. The van der Waals surface area contributed by atoms with Gasteiger partial charge in [0.05, 0.1) is 5.69 Å². The van der Waals surface area contributed by atoms with Crippen LogP contribution in [-0.2, 0) is 7.05 Å². The highest BCUT2D eigenvalue weighted by Gasteiger charge is 2.45. The van der Waals surface area contributed by atoms with Gasteiger partial charge >= 0.3 is 0 Å². The summed E-state index contributed by atoms with van der Waals surface area (Å²) in [5.74, 6) is 0.785. The van der Waals surface area contributed by atoms with E-state index in [-0.39, 0.29) is 0 Å². The van der Waals surface area contributed by atoms with Gasteiger partial charge < -0.3 is 5.32 Å². The molecule has 1 unspecified atom stereocenters. The molecule has 18 heavy (non-hydrogen) atoms. The minimum absolute atomic E-state index is 0.398. The molecule has 3 nitrogen and oxygen atoms in total. The minimum Gasteiger partial charge on any atom is -0.309 e. The van der Waals surface area contributed by atoms with Crippen molar-refractivity contribution in [3.63, 3.8) is 0 Å². The Morgan fingerprint density at radius 2 is 1.89 bits per heavy atom. The first-order valence-electron chi connectivity index (χ1n) is 7.11. The Labute approximate surface area is 111 Å². The van der Waals surface area contributed by atoms with Gasteiger partial charge in [-0.15, -0.1) is 0 Å². The summed E-state index contributed by atoms with van der Waals surface area (Å²) in [7, 11) is 2.02. The van der Waals surface area contributed by atoms with Crippen molar-refractivity contribution in [2.24, 2.45) is 18.4 Å². The van der Waals surface area contributed by atoms with Crippen LogP contribution in [-0.4, -0.2) is 16.3 Å². The molecule has 1 heterocycles. The topological polar surface area (TPSA) is 29.9 Å². The van der Waals surface area contributed by atoms with Gasteiger partial charge in [0.2, 0.25) is 0 Å². The Morgan fingerprint density at radius 3 is 2.28 bits per heavy atom. The zero-order valence-corrected chi connectivity index (χ0v) is 12.7. The fourth-order valence-electron chi connectivity index (χ4n) is 2.99. The van der Waals surface area contributed by atoms with E-state index in [4.69, 9.17) is 0 Å². The van der Waals surface area contributed by atoms with E-state index in [1.54, 1.807) is 0 Å². The molecule has 0 aliphatic heterocycles. The van der Waals surface area contributed by atoms with Crippen LogP contribution in [0, 0.1) is 25.2 Å². The summed E-state index contributed by atoms with van der Waals surface area (Å²) in [4.78, 5) is 0. The third-order valence-corrected chi connectivity index (χ3v) is 4.88. The van der Waals surface area contributed by atoms with Gasteiger partial charge in [-0.1, -0.05) is 13.8 Å². The van der Waals surface area contributed by atoms with E-state index >= 15 is 0 Å². The molecule has 1 aromatic heterocycles. The third-order valence-electron chi connectivity index (χ3n) is 4.88. The number of hydrogen-bond acceptors (Lipinski definition) is 2. The Bertz CT molecular complexity index is 427. The first-order valence-corrected chi connectivity index (χ1v) is 7.11. The van der Waals surface area contributed by atoms with Crippen molar-refractivity contribution < 1.29 is 0 Å². The van der Waals surface area contributed by atoms with Gasteiger partial charge in [-0.2, -0.15) is 5.10 Å². The van der Waals surface area contributed by atoms with Gasteiger partial charge in [0, 0.05) is 30.9 Å². The minimum atomic E-state index is 0.398. The summed E-state index contributed by atoms with van der Waals surface area (Å²) < 4.78 is 1.98. The molecule has 1 aromatic rings. The van der Waals surface area contributed by atoms with Crippen molar-refractivity contribution in [1.29, 1.82) is 0 Å². The van der Waals surface area contributed by atoms with Crippen LogP contribution in [0.5, 0.6) is 0 Å². The summed E-state index contributed by atoms with van der Waals surface area (Å²) in [5, 5.41) is 8.23. The van der Waals surface area contributed by atoms with Gasteiger partial charge in [-0.3, -0.25) is 4.68 Å². The lowest BCUT2D eigenvalue weighted by molar-refractivity contribution is 0.324. The molecule has 1 fully saturated rings. The van der Waals surface area contributed by atoms with Crippen molar-refractivity contribution >= 4 is 0 Å². The first kappa shape index (κ1) is 13.6. The second-order valence-electron chi connectivity index (χ2n) is 6.33. The highest BCUT2D eigenvalue weighted by atomic mass is 15.3. The molecule has 1 aliphatic rings. The average Bonchev–Trinajstić information content (AvgIpc) is 3.02. The molecular formula is C15H27N3. The molecule has 102 valence electrons. The fourth-order valence-corrected chi connectivity index (χ4v) is 2.99. The first-order chi connectivity index (χ1) is 8.37. The van der Waals surface area contributed by atoms with Gasteiger partial charge in [0.15, 0.2) is 0 Å². The maximum Gasteiger partial charge on any atom is 0.0644 e. The zero-order valence-electron chi connectivity index (χ0n) is 12.7. The van der Waals surface area contributed by atoms with Crippen molar-refractivity contribution in [3.8, 4) is 0 Å². The van der Waals surface area contributed by atoms with Crippen molar-refractivity contribution in [3.05, 3.63) is 17.0 Å². The van der Waals surface area contributed by atoms with Gasteiger partial charge in [-0.25, -0.2) is 0 Å². The summed E-state index contributed by atoms with van der Waals surface area (Å²) in [5.41, 5.74) is 4.38. The normalized spacial score (nSPS) is 19.3. The van der Waals surface area contributed by atoms with E-state index in [1.807, 2.05) is 11.7 Å². The Morgan fingerprint density at radius 1 is 1.28 bits per heavy atom. The van der Waals surface area contributed by atoms with Crippen LogP contribution in [0.1, 0.15) is 56.6 Å². The molecule has 0 amide bonds. The zero-order chi connectivity index (χ0) is 13.5.